The van der Waals surface area contributed by atoms with Crippen molar-refractivity contribution in [3.8, 4) is 0 Å². The highest BCUT2D eigenvalue weighted by molar-refractivity contribution is 5.27. The molecular weight excluding hydrogens is 195 g/mol. The first-order valence-electron chi connectivity index (χ1n) is 2.99. The van der Waals surface area contributed by atoms with Gasteiger partial charge in [0.2, 0.25) is 5.82 Å². The molecule has 0 unspecified atom stereocenters. The van der Waals surface area contributed by atoms with E-state index in [4.69, 9.17) is 5.11 Å². The Kier molecular flexibility index (Phi) is 2.51. The summed E-state index contributed by atoms with van der Waals surface area (Å²) in [5, 5.41) is 8.18. The molecule has 0 spiro atoms. The molecule has 13 heavy (non-hydrogen) atoms. The molecule has 0 aliphatic heterocycles. The summed E-state index contributed by atoms with van der Waals surface area (Å²) >= 11 is 0. The van der Waals surface area contributed by atoms with Crippen molar-refractivity contribution < 1.29 is 27.1 Å². The summed E-state index contributed by atoms with van der Waals surface area (Å²) in [6.07, 6.45) is 0. The van der Waals surface area contributed by atoms with Crippen molar-refractivity contribution in [2.45, 2.75) is 0 Å². The molecule has 0 amide bonds. The fraction of sp³-hybridized carbons (Fsp3) is 0. The van der Waals surface area contributed by atoms with Crippen LogP contribution in [0.2, 0.25) is 0 Å². The van der Waals surface area contributed by atoms with Gasteiger partial charge in [-0.05, 0) is 0 Å². The monoisotopic (exact) mass is 197 g/mol. The Hall–Kier alpha value is -1.17. The summed E-state index contributed by atoms with van der Waals surface area (Å²) in [7, 11) is 0. The van der Waals surface area contributed by atoms with Crippen molar-refractivity contribution in [1.82, 2.24) is 0 Å². The Morgan fingerprint density at radius 2 is 1.00 bits per heavy atom. The second-order valence-corrected chi connectivity index (χ2v) is 2.11. The molecule has 0 saturated heterocycles. The van der Waals surface area contributed by atoms with Gasteiger partial charge in [0.1, 0.15) is 6.61 Å². The zero-order valence-corrected chi connectivity index (χ0v) is 5.91. The molecule has 1 radical (unpaired) electrons. The van der Waals surface area contributed by atoms with E-state index in [0.717, 1.165) is 0 Å². The smallest absolute Gasteiger partial charge is 0.200 e. The summed E-state index contributed by atoms with van der Waals surface area (Å²) in [5.74, 6) is -10.5. The quantitative estimate of drug-likeness (QED) is 0.416. The van der Waals surface area contributed by atoms with E-state index >= 15 is 0 Å². The topological polar surface area (TPSA) is 20.2 Å². The number of benzene rings is 1. The average molecular weight is 197 g/mol. The summed E-state index contributed by atoms with van der Waals surface area (Å²) < 4.78 is 61.9. The van der Waals surface area contributed by atoms with Crippen LogP contribution < -0.4 is 0 Å². The third-order valence-corrected chi connectivity index (χ3v) is 1.37. The molecule has 0 fully saturated rings. The van der Waals surface area contributed by atoms with Crippen LogP contribution in [-0.4, -0.2) is 5.11 Å². The van der Waals surface area contributed by atoms with Crippen molar-refractivity contribution in [2.24, 2.45) is 0 Å². The summed E-state index contributed by atoms with van der Waals surface area (Å²) in [6, 6.07) is 0. The van der Waals surface area contributed by atoms with Crippen LogP contribution in [-0.2, 0) is 0 Å². The van der Waals surface area contributed by atoms with Gasteiger partial charge in [-0.15, -0.1) is 0 Å². The lowest BCUT2D eigenvalue weighted by Crippen LogP contribution is -2.05. The number of rotatable bonds is 1. The predicted octanol–water partition coefficient (Wildman–Crippen LogP) is 2.26. The first kappa shape index (κ1) is 9.91. The van der Waals surface area contributed by atoms with Crippen LogP contribution in [0.5, 0.6) is 0 Å². The second-order valence-electron chi connectivity index (χ2n) is 2.11. The van der Waals surface area contributed by atoms with Gasteiger partial charge in [-0.3, -0.25) is 0 Å². The molecular formula is C7H2F5O. The predicted molar refractivity (Wildman–Crippen MR) is 31.6 cm³/mol. The molecule has 71 valence electrons. The van der Waals surface area contributed by atoms with Crippen molar-refractivity contribution in [2.75, 3.05) is 0 Å². The van der Waals surface area contributed by atoms with E-state index in [1.807, 2.05) is 0 Å². The molecule has 0 atom stereocenters. The normalized spacial score (nSPS) is 10.6. The van der Waals surface area contributed by atoms with Crippen LogP contribution in [0, 0.1) is 35.7 Å². The second kappa shape index (κ2) is 3.29. The highest BCUT2D eigenvalue weighted by Crippen LogP contribution is 2.23. The maximum atomic E-state index is 12.5. The molecule has 1 aromatic carbocycles. The van der Waals surface area contributed by atoms with E-state index in [0.29, 0.717) is 0 Å². The molecule has 0 aliphatic rings. The Balaban J connectivity index is 3.56. The molecule has 1 nitrogen and oxygen atoms in total. The number of halogens is 5. The molecule has 1 rings (SSSR count). The zero-order chi connectivity index (χ0) is 10.2. The van der Waals surface area contributed by atoms with Gasteiger partial charge in [0.25, 0.3) is 0 Å². The fourth-order valence-corrected chi connectivity index (χ4v) is 0.735. The summed E-state index contributed by atoms with van der Waals surface area (Å²) in [4.78, 5) is 0. The van der Waals surface area contributed by atoms with Crippen molar-refractivity contribution in [1.29, 1.82) is 0 Å². The number of aliphatic hydroxyl groups is 1. The van der Waals surface area contributed by atoms with Crippen molar-refractivity contribution >= 4 is 0 Å². The highest BCUT2D eigenvalue weighted by Gasteiger charge is 2.24. The molecule has 0 heterocycles. The fourth-order valence-electron chi connectivity index (χ4n) is 0.735. The van der Waals surface area contributed by atoms with E-state index in [-0.39, 0.29) is 6.61 Å². The zero-order valence-electron chi connectivity index (χ0n) is 5.91. The molecule has 6 heteroatoms. The summed E-state index contributed by atoms with van der Waals surface area (Å²) in [6.45, 7) is -0.184. The van der Waals surface area contributed by atoms with E-state index in [9.17, 15) is 22.0 Å². The van der Waals surface area contributed by atoms with Gasteiger partial charge in [-0.2, -0.15) is 0 Å². The molecule has 0 aliphatic carbocycles. The molecule has 1 N–H and O–H groups in total. The third-order valence-electron chi connectivity index (χ3n) is 1.37. The molecule has 0 aromatic heterocycles. The standard InChI is InChI=1S/C7H2F5O/c8-3-2(1-13)4(9)6(11)7(12)5(3)10/h1,13H. The van der Waals surface area contributed by atoms with E-state index in [1.54, 1.807) is 0 Å². The first-order valence-corrected chi connectivity index (χ1v) is 2.99. The van der Waals surface area contributed by atoms with Crippen molar-refractivity contribution in [3.05, 3.63) is 41.3 Å². The largest absolute Gasteiger partial charge is 0.385 e. The molecule has 1 aromatic rings. The maximum Gasteiger partial charge on any atom is 0.200 e. The van der Waals surface area contributed by atoms with Crippen LogP contribution in [0.1, 0.15) is 5.56 Å². The first-order chi connectivity index (χ1) is 6.00. The van der Waals surface area contributed by atoms with E-state index < -0.39 is 34.6 Å². The highest BCUT2D eigenvalue weighted by atomic mass is 19.2. The van der Waals surface area contributed by atoms with Gasteiger partial charge in [0.05, 0.1) is 5.56 Å². The Morgan fingerprint density at radius 1 is 0.692 bits per heavy atom. The van der Waals surface area contributed by atoms with Crippen LogP contribution >= 0.6 is 0 Å². The Bertz CT molecular complexity index is 320. The number of hydrogen-bond donors (Lipinski definition) is 1. The van der Waals surface area contributed by atoms with Gasteiger partial charge in [0.15, 0.2) is 23.3 Å². The lowest BCUT2D eigenvalue weighted by molar-refractivity contribution is 0.350. The van der Waals surface area contributed by atoms with Crippen LogP contribution in [0.4, 0.5) is 22.0 Å². The van der Waals surface area contributed by atoms with Crippen LogP contribution in [0.3, 0.4) is 0 Å². The van der Waals surface area contributed by atoms with E-state index in [1.165, 1.54) is 0 Å². The van der Waals surface area contributed by atoms with Crippen molar-refractivity contribution in [3.63, 3.8) is 0 Å². The lowest BCUT2D eigenvalue weighted by Gasteiger charge is -2.03. The van der Waals surface area contributed by atoms with Gasteiger partial charge < -0.3 is 5.11 Å². The van der Waals surface area contributed by atoms with Gasteiger partial charge in [-0.1, -0.05) is 0 Å². The Labute approximate surface area is 69.4 Å². The lowest BCUT2D eigenvalue weighted by atomic mass is 10.2. The maximum absolute atomic E-state index is 12.5. The third kappa shape index (κ3) is 1.37. The molecule has 0 saturated carbocycles. The minimum atomic E-state index is -2.25. The van der Waals surface area contributed by atoms with E-state index in [2.05, 4.69) is 0 Å². The number of hydrogen-bond acceptors (Lipinski definition) is 1. The summed E-state index contributed by atoms with van der Waals surface area (Å²) in [5.41, 5.74) is -1.35. The minimum Gasteiger partial charge on any atom is -0.385 e. The van der Waals surface area contributed by atoms with Gasteiger partial charge in [0, 0.05) is 0 Å². The number of aliphatic hydroxyl groups excluding tert-OH is 1. The Morgan fingerprint density at radius 3 is 1.31 bits per heavy atom. The van der Waals surface area contributed by atoms with Crippen LogP contribution in [0.15, 0.2) is 0 Å². The van der Waals surface area contributed by atoms with Gasteiger partial charge in [-0.25, -0.2) is 22.0 Å². The molecule has 0 bridgehead atoms. The minimum absolute atomic E-state index is 0.184. The van der Waals surface area contributed by atoms with Crippen LogP contribution in [0.25, 0.3) is 0 Å². The van der Waals surface area contributed by atoms with Gasteiger partial charge >= 0.3 is 0 Å². The SMILES string of the molecule is O[CH]c1c(F)c(F)c(F)c(F)c1F. The average Bonchev–Trinajstić information content (AvgIpc) is 2.13.